The molecule has 0 aliphatic heterocycles. The van der Waals surface area contributed by atoms with Crippen LogP contribution in [0, 0.1) is 5.41 Å². The summed E-state index contributed by atoms with van der Waals surface area (Å²) < 4.78 is 28.8. The predicted molar refractivity (Wildman–Crippen MR) is 96.1 cm³/mol. The molecule has 0 bridgehead atoms. The zero-order chi connectivity index (χ0) is 18.0. The molecule has 1 aromatic heterocycles. The molecule has 5 nitrogen and oxygen atoms in total. The smallest absolute Gasteiger partial charge is 0.238 e. The molecule has 4 rings (SSSR count). The molecule has 1 saturated carbocycles. The molecule has 130 valence electrons. The highest BCUT2D eigenvalue weighted by atomic mass is 35.5. The Bertz CT molecular complexity index is 1070. The molecular weight excluding hydrogens is 360 g/mol. The summed E-state index contributed by atoms with van der Waals surface area (Å²) in [5.41, 5.74) is 2.47. The summed E-state index contributed by atoms with van der Waals surface area (Å²) in [5.74, 6) is 1.01. The van der Waals surface area contributed by atoms with Crippen LogP contribution in [0.2, 0.25) is 5.02 Å². The fourth-order valence-electron chi connectivity index (χ4n) is 3.63. The van der Waals surface area contributed by atoms with E-state index in [2.05, 4.69) is 18.8 Å². The number of sulfonamides is 1. The number of halogens is 1. The number of hydrogen-bond donors (Lipinski definition) is 1. The van der Waals surface area contributed by atoms with Crippen molar-refractivity contribution in [2.75, 3.05) is 0 Å². The Morgan fingerprint density at radius 3 is 2.44 bits per heavy atom. The third kappa shape index (κ3) is 2.74. The number of oxazole rings is 1. The van der Waals surface area contributed by atoms with Crippen molar-refractivity contribution in [3.05, 3.63) is 58.9 Å². The number of nitrogens with two attached hydrogens (primary N) is 1. The van der Waals surface area contributed by atoms with Crippen LogP contribution in [0.3, 0.4) is 0 Å². The van der Waals surface area contributed by atoms with Gasteiger partial charge in [0.1, 0.15) is 5.52 Å². The molecule has 0 unspecified atom stereocenters. The molecule has 1 fully saturated rings. The van der Waals surface area contributed by atoms with Crippen molar-refractivity contribution in [1.29, 1.82) is 0 Å². The summed E-state index contributed by atoms with van der Waals surface area (Å²) in [6, 6.07) is 12.1. The van der Waals surface area contributed by atoms with Gasteiger partial charge in [-0.25, -0.2) is 18.5 Å². The van der Waals surface area contributed by atoms with Crippen molar-refractivity contribution in [2.45, 2.75) is 30.6 Å². The monoisotopic (exact) mass is 376 g/mol. The lowest BCUT2D eigenvalue weighted by molar-refractivity contribution is 0.493. The van der Waals surface area contributed by atoms with Crippen LogP contribution in [-0.4, -0.2) is 13.4 Å². The predicted octanol–water partition coefficient (Wildman–Crippen LogP) is 4.04. The Labute approximate surface area is 150 Å². The topological polar surface area (TPSA) is 86.2 Å². The lowest BCUT2D eigenvalue weighted by atomic mass is 10.0. The van der Waals surface area contributed by atoms with Crippen molar-refractivity contribution in [2.24, 2.45) is 10.6 Å². The summed E-state index contributed by atoms with van der Waals surface area (Å²) in [6.07, 6.45) is 0. The molecule has 7 heteroatoms. The average Bonchev–Trinajstić information content (AvgIpc) is 2.89. The lowest BCUT2D eigenvalue weighted by Gasteiger charge is -2.04. The third-order valence-corrected chi connectivity index (χ3v) is 6.19. The SMILES string of the molecule is CC1(C)[C@H](c2ccc(S(N)(=O)=O)cc2)[C@H]1c1nc2ccc(Cl)cc2o1. The highest BCUT2D eigenvalue weighted by molar-refractivity contribution is 7.89. The van der Waals surface area contributed by atoms with Gasteiger partial charge in [-0.15, -0.1) is 0 Å². The molecule has 0 amide bonds. The van der Waals surface area contributed by atoms with E-state index in [1.54, 1.807) is 24.3 Å². The Hall–Kier alpha value is -1.89. The standard InChI is InChI=1S/C18H17ClN2O3S/c1-18(2)15(10-3-6-12(7-4-10)25(20,22)23)16(18)17-21-13-8-5-11(19)9-14(13)24-17/h3-9,15-16H,1-2H3,(H2,20,22,23)/t15-,16+/m1/s1. The second kappa shape index (κ2) is 5.30. The van der Waals surface area contributed by atoms with E-state index < -0.39 is 10.0 Å². The molecular formula is C18H17ClN2O3S. The molecule has 3 aromatic rings. The van der Waals surface area contributed by atoms with Gasteiger partial charge in [-0.3, -0.25) is 0 Å². The van der Waals surface area contributed by atoms with E-state index in [-0.39, 0.29) is 22.1 Å². The van der Waals surface area contributed by atoms with Gasteiger partial charge in [0, 0.05) is 22.9 Å². The Morgan fingerprint density at radius 2 is 1.80 bits per heavy atom. The summed E-state index contributed by atoms with van der Waals surface area (Å²) in [5, 5.41) is 5.77. The summed E-state index contributed by atoms with van der Waals surface area (Å²) in [6.45, 7) is 4.30. The average molecular weight is 377 g/mol. The second-order valence-electron chi connectivity index (χ2n) is 7.05. The van der Waals surface area contributed by atoms with Gasteiger partial charge in [0.25, 0.3) is 0 Å². The molecule has 1 heterocycles. The van der Waals surface area contributed by atoms with Gasteiger partial charge in [-0.2, -0.15) is 0 Å². The van der Waals surface area contributed by atoms with Crippen LogP contribution in [0.1, 0.15) is 37.1 Å². The van der Waals surface area contributed by atoms with Gasteiger partial charge in [0.15, 0.2) is 11.5 Å². The molecule has 2 N–H and O–H groups in total. The molecule has 1 aliphatic rings. The van der Waals surface area contributed by atoms with Crippen molar-refractivity contribution in [1.82, 2.24) is 4.98 Å². The molecule has 25 heavy (non-hydrogen) atoms. The van der Waals surface area contributed by atoms with Gasteiger partial charge < -0.3 is 4.42 Å². The maximum atomic E-state index is 11.4. The molecule has 0 saturated heterocycles. The quantitative estimate of drug-likeness (QED) is 0.747. The number of primary sulfonamides is 1. The number of rotatable bonds is 3. The zero-order valence-electron chi connectivity index (χ0n) is 13.7. The normalized spacial score (nSPS) is 22.2. The number of benzene rings is 2. The zero-order valence-corrected chi connectivity index (χ0v) is 15.3. The van der Waals surface area contributed by atoms with Crippen LogP contribution < -0.4 is 5.14 Å². The van der Waals surface area contributed by atoms with Gasteiger partial charge in [-0.1, -0.05) is 37.6 Å². The van der Waals surface area contributed by atoms with E-state index in [0.717, 1.165) is 11.1 Å². The Morgan fingerprint density at radius 1 is 1.12 bits per heavy atom. The first kappa shape index (κ1) is 16.6. The summed E-state index contributed by atoms with van der Waals surface area (Å²) in [4.78, 5) is 4.72. The maximum absolute atomic E-state index is 11.4. The fraction of sp³-hybridized carbons (Fsp3) is 0.278. The van der Waals surface area contributed by atoms with Gasteiger partial charge in [-0.05, 0) is 35.2 Å². The second-order valence-corrected chi connectivity index (χ2v) is 9.05. The van der Waals surface area contributed by atoms with Gasteiger partial charge in [0.05, 0.1) is 4.90 Å². The number of nitrogens with zero attached hydrogens (tertiary/aromatic N) is 1. The number of fused-ring (bicyclic) bond motifs is 1. The number of hydrogen-bond acceptors (Lipinski definition) is 4. The maximum Gasteiger partial charge on any atom is 0.238 e. The van der Waals surface area contributed by atoms with Crippen LogP contribution in [0.5, 0.6) is 0 Å². The van der Waals surface area contributed by atoms with Crippen molar-refractivity contribution >= 4 is 32.7 Å². The van der Waals surface area contributed by atoms with Crippen LogP contribution >= 0.6 is 11.6 Å². The van der Waals surface area contributed by atoms with E-state index in [1.807, 2.05) is 18.2 Å². The van der Waals surface area contributed by atoms with E-state index >= 15 is 0 Å². The van der Waals surface area contributed by atoms with E-state index in [0.29, 0.717) is 16.5 Å². The fourth-order valence-corrected chi connectivity index (χ4v) is 4.31. The molecule has 1 aliphatic carbocycles. The van der Waals surface area contributed by atoms with E-state index in [1.165, 1.54) is 0 Å². The van der Waals surface area contributed by atoms with Crippen molar-refractivity contribution in [3.63, 3.8) is 0 Å². The first-order chi connectivity index (χ1) is 11.7. The Kier molecular flexibility index (Phi) is 3.51. The van der Waals surface area contributed by atoms with E-state index in [4.69, 9.17) is 21.2 Å². The first-order valence-electron chi connectivity index (χ1n) is 7.87. The van der Waals surface area contributed by atoms with Crippen molar-refractivity contribution < 1.29 is 12.8 Å². The highest BCUT2D eigenvalue weighted by Gasteiger charge is 2.61. The van der Waals surface area contributed by atoms with Crippen LogP contribution in [0.15, 0.2) is 51.8 Å². The minimum atomic E-state index is -3.68. The Balaban J connectivity index is 1.69. The minimum absolute atomic E-state index is 0.0340. The van der Waals surface area contributed by atoms with Crippen molar-refractivity contribution in [3.8, 4) is 0 Å². The molecule has 2 atom stereocenters. The van der Waals surface area contributed by atoms with Crippen LogP contribution in [-0.2, 0) is 10.0 Å². The largest absolute Gasteiger partial charge is 0.440 e. The van der Waals surface area contributed by atoms with Crippen LogP contribution in [0.25, 0.3) is 11.1 Å². The summed E-state index contributed by atoms with van der Waals surface area (Å²) >= 11 is 6.01. The first-order valence-corrected chi connectivity index (χ1v) is 9.79. The highest BCUT2D eigenvalue weighted by Crippen LogP contribution is 2.69. The molecule has 2 aromatic carbocycles. The minimum Gasteiger partial charge on any atom is -0.440 e. The van der Waals surface area contributed by atoms with Gasteiger partial charge >= 0.3 is 0 Å². The van der Waals surface area contributed by atoms with Gasteiger partial charge in [0.2, 0.25) is 10.0 Å². The summed E-state index contributed by atoms with van der Waals surface area (Å²) in [7, 11) is -3.68. The molecule has 0 spiro atoms. The molecule has 0 radical (unpaired) electrons. The number of aromatic nitrogens is 1. The lowest BCUT2D eigenvalue weighted by Crippen LogP contribution is -2.11. The van der Waals surface area contributed by atoms with E-state index in [9.17, 15) is 8.42 Å². The van der Waals surface area contributed by atoms with Crippen LogP contribution in [0.4, 0.5) is 0 Å². The third-order valence-electron chi connectivity index (χ3n) is 5.03.